The fourth-order valence-corrected chi connectivity index (χ4v) is 2.78. The summed E-state index contributed by atoms with van der Waals surface area (Å²) in [6.45, 7) is 4.21. The van der Waals surface area contributed by atoms with Gasteiger partial charge in [0.15, 0.2) is 5.79 Å². The molecule has 1 saturated carbocycles. The highest BCUT2D eigenvalue weighted by Gasteiger charge is 2.62. The smallest absolute Gasteiger partial charge is 0.164 e. The van der Waals surface area contributed by atoms with Crippen LogP contribution in [-0.2, 0) is 9.47 Å². The molecule has 2 aliphatic rings. The second-order valence-electron chi connectivity index (χ2n) is 5.76. The molecule has 0 spiro atoms. The van der Waals surface area contributed by atoms with Gasteiger partial charge in [0.25, 0.3) is 0 Å². The highest BCUT2D eigenvalue weighted by atomic mass is 16.8. The first-order valence-corrected chi connectivity index (χ1v) is 5.71. The van der Waals surface area contributed by atoms with Gasteiger partial charge in [-0.05, 0) is 20.8 Å². The Balaban J connectivity index is 2.34. The van der Waals surface area contributed by atoms with Crippen molar-refractivity contribution in [2.45, 2.75) is 62.5 Å². The van der Waals surface area contributed by atoms with Crippen molar-refractivity contribution >= 4 is 0 Å². The molecule has 1 saturated heterocycles. The van der Waals surface area contributed by atoms with E-state index < -0.39 is 41.9 Å². The highest BCUT2D eigenvalue weighted by Crippen LogP contribution is 2.45. The number of fused-ring (bicyclic) bond motifs is 1. The Morgan fingerprint density at radius 2 is 1.76 bits per heavy atom. The zero-order chi connectivity index (χ0) is 13.1. The normalized spacial score (nSPS) is 53.5. The average Bonchev–Trinajstić information content (AvgIpc) is 2.52. The number of aliphatic hydroxyl groups is 4. The maximum atomic E-state index is 10.3. The molecule has 1 heterocycles. The second kappa shape index (κ2) is 3.63. The minimum atomic E-state index is -1.77. The topological polar surface area (TPSA) is 99.4 Å². The molecule has 1 aliphatic heterocycles. The van der Waals surface area contributed by atoms with E-state index in [0.29, 0.717) is 0 Å². The maximum Gasteiger partial charge on any atom is 0.164 e. The van der Waals surface area contributed by atoms with Crippen molar-refractivity contribution in [1.82, 2.24) is 0 Å². The Morgan fingerprint density at radius 1 is 1.18 bits per heavy atom. The largest absolute Gasteiger partial charge is 0.393 e. The highest BCUT2D eigenvalue weighted by molar-refractivity contribution is 5.11. The summed E-state index contributed by atoms with van der Waals surface area (Å²) in [7, 11) is 0. The van der Waals surface area contributed by atoms with Crippen LogP contribution < -0.4 is 0 Å². The van der Waals surface area contributed by atoms with Crippen LogP contribution in [0.1, 0.15) is 27.2 Å². The molecule has 2 fully saturated rings. The van der Waals surface area contributed by atoms with Gasteiger partial charge in [-0.25, -0.2) is 0 Å². The first kappa shape index (κ1) is 13.2. The summed E-state index contributed by atoms with van der Waals surface area (Å²) in [6.07, 6.45) is -3.04. The summed E-state index contributed by atoms with van der Waals surface area (Å²) in [6, 6.07) is 0. The molecule has 5 atom stereocenters. The third-order valence-electron chi connectivity index (χ3n) is 3.54. The summed E-state index contributed by atoms with van der Waals surface area (Å²) in [4.78, 5) is 0. The molecule has 17 heavy (non-hydrogen) atoms. The number of ether oxygens (including phenoxy) is 2. The number of rotatable bonds is 1. The van der Waals surface area contributed by atoms with Gasteiger partial charge in [-0.1, -0.05) is 0 Å². The Hall–Kier alpha value is -0.240. The molecular weight excluding hydrogens is 228 g/mol. The fourth-order valence-electron chi connectivity index (χ4n) is 2.78. The number of hydrogen-bond donors (Lipinski definition) is 4. The molecule has 4 N–H and O–H groups in total. The van der Waals surface area contributed by atoms with E-state index in [4.69, 9.17) is 9.47 Å². The van der Waals surface area contributed by atoms with Gasteiger partial charge in [-0.15, -0.1) is 0 Å². The van der Waals surface area contributed by atoms with E-state index in [1.165, 1.54) is 6.92 Å². The van der Waals surface area contributed by atoms with Crippen LogP contribution in [0, 0.1) is 0 Å². The van der Waals surface area contributed by atoms with E-state index in [2.05, 4.69) is 0 Å². The third kappa shape index (κ3) is 1.99. The third-order valence-corrected chi connectivity index (χ3v) is 3.54. The Bertz CT molecular complexity index is 315. The van der Waals surface area contributed by atoms with E-state index in [0.717, 1.165) is 0 Å². The van der Waals surface area contributed by atoms with Gasteiger partial charge in [0.2, 0.25) is 0 Å². The van der Waals surface area contributed by atoms with Crippen molar-refractivity contribution in [3.8, 4) is 0 Å². The molecule has 6 nitrogen and oxygen atoms in total. The SMILES string of the molecule is CC1(C)OC2C(O1)C(C)(O)CC(O)(CO)C2O. The van der Waals surface area contributed by atoms with E-state index in [-0.39, 0.29) is 6.42 Å². The molecule has 0 aromatic rings. The van der Waals surface area contributed by atoms with Crippen molar-refractivity contribution in [3.05, 3.63) is 0 Å². The molecular formula is C11H20O6. The van der Waals surface area contributed by atoms with Gasteiger partial charge < -0.3 is 29.9 Å². The van der Waals surface area contributed by atoms with Gasteiger partial charge >= 0.3 is 0 Å². The van der Waals surface area contributed by atoms with Crippen molar-refractivity contribution in [2.24, 2.45) is 0 Å². The lowest BCUT2D eigenvalue weighted by Crippen LogP contribution is -2.67. The van der Waals surface area contributed by atoms with E-state index in [1.54, 1.807) is 13.8 Å². The van der Waals surface area contributed by atoms with Crippen LogP contribution in [-0.4, -0.2) is 62.3 Å². The minimum absolute atomic E-state index is 0.168. The van der Waals surface area contributed by atoms with Crippen LogP contribution in [0.25, 0.3) is 0 Å². The molecule has 0 radical (unpaired) electrons. The first-order valence-electron chi connectivity index (χ1n) is 5.71. The van der Waals surface area contributed by atoms with Crippen LogP contribution in [0.5, 0.6) is 0 Å². The Kier molecular flexibility index (Phi) is 2.82. The molecule has 0 bridgehead atoms. The van der Waals surface area contributed by atoms with E-state index in [1.807, 2.05) is 0 Å². The Morgan fingerprint density at radius 3 is 2.29 bits per heavy atom. The summed E-state index contributed by atoms with van der Waals surface area (Å²) in [5.74, 6) is -0.930. The molecule has 1 aliphatic carbocycles. The van der Waals surface area contributed by atoms with Crippen LogP contribution >= 0.6 is 0 Å². The van der Waals surface area contributed by atoms with Gasteiger partial charge in [-0.2, -0.15) is 0 Å². The molecule has 5 unspecified atom stereocenters. The molecule has 2 rings (SSSR count). The lowest BCUT2D eigenvalue weighted by molar-refractivity contribution is -0.228. The second-order valence-corrected chi connectivity index (χ2v) is 5.76. The first-order chi connectivity index (χ1) is 7.61. The fraction of sp³-hybridized carbons (Fsp3) is 1.00. The molecule has 6 heteroatoms. The summed E-state index contributed by atoms with van der Waals surface area (Å²) in [5.41, 5.74) is -3.14. The van der Waals surface area contributed by atoms with Crippen LogP contribution in [0.2, 0.25) is 0 Å². The summed E-state index contributed by atoms with van der Waals surface area (Å²) >= 11 is 0. The lowest BCUT2D eigenvalue weighted by atomic mass is 9.71. The Labute approximate surface area is 99.8 Å². The molecule has 0 aromatic carbocycles. The van der Waals surface area contributed by atoms with Crippen LogP contribution in [0.15, 0.2) is 0 Å². The van der Waals surface area contributed by atoms with Gasteiger partial charge in [0.1, 0.15) is 23.9 Å². The predicted molar refractivity (Wildman–Crippen MR) is 57.1 cm³/mol. The zero-order valence-electron chi connectivity index (χ0n) is 10.3. The van der Waals surface area contributed by atoms with Crippen molar-refractivity contribution in [3.63, 3.8) is 0 Å². The monoisotopic (exact) mass is 248 g/mol. The standard InChI is InChI=1S/C11H20O6/c1-9(2)16-6-7(13)11(15,5-12)4-10(3,14)8(6)17-9/h6-8,12-15H,4-5H2,1-3H3. The number of hydrogen-bond acceptors (Lipinski definition) is 6. The molecule has 0 amide bonds. The van der Waals surface area contributed by atoms with E-state index in [9.17, 15) is 20.4 Å². The zero-order valence-corrected chi connectivity index (χ0v) is 10.3. The molecule has 100 valence electrons. The van der Waals surface area contributed by atoms with Crippen LogP contribution in [0.4, 0.5) is 0 Å². The maximum absolute atomic E-state index is 10.3. The van der Waals surface area contributed by atoms with Crippen LogP contribution in [0.3, 0.4) is 0 Å². The predicted octanol–water partition coefficient (Wildman–Crippen LogP) is -1.25. The number of aliphatic hydroxyl groups excluding tert-OH is 2. The quantitative estimate of drug-likeness (QED) is 0.462. The van der Waals surface area contributed by atoms with Gasteiger partial charge in [0, 0.05) is 6.42 Å². The van der Waals surface area contributed by atoms with Crippen molar-refractivity contribution in [2.75, 3.05) is 6.61 Å². The van der Waals surface area contributed by atoms with E-state index >= 15 is 0 Å². The summed E-state index contributed by atoms with van der Waals surface area (Å²) in [5, 5.41) is 39.6. The molecule has 0 aromatic heterocycles. The van der Waals surface area contributed by atoms with Gasteiger partial charge in [0.05, 0.1) is 12.2 Å². The van der Waals surface area contributed by atoms with Gasteiger partial charge in [-0.3, -0.25) is 0 Å². The van der Waals surface area contributed by atoms with Crippen molar-refractivity contribution in [1.29, 1.82) is 0 Å². The summed E-state index contributed by atoms with van der Waals surface area (Å²) < 4.78 is 11.0. The average molecular weight is 248 g/mol. The minimum Gasteiger partial charge on any atom is -0.393 e. The van der Waals surface area contributed by atoms with Crippen molar-refractivity contribution < 1.29 is 29.9 Å². The lowest BCUT2D eigenvalue weighted by Gasteiger charge is -2.47.